The number of carbonyl (C=O) groups is 1. The van der Waals surface area contributed by atoms with Gasteiger partial charge in [-0.15, -0.1) is 5.10 Å². The molecule has 1 unspecified atom stereocenters. The number of nitro groups is 1. The lowest BCUT2D eigenvalue weighted by Gasteiger charge is -2.32. The summed E-state index contributed by atoms with van der Waals surface area (Å²) in [5, 5.41) is 15.1. The van der Waals surface area contributed by atoms with E-state index in [1.807, 2.05) is 20.8 Å². The Labute approximate surface area is 105 Å². The fourth-order valence-electron chi connectivity index (χ4n) is 2.29. The maximum absolute atomic E-state index is 12.0. The van der Waals surface area contributed by atoms with Crippen LogP contribution in [0.2, 0.25) is 0 Å². The minimum absolute atomic E-state index is 0.116. The summed E-state index contributed by atoms with van der Waals surface area (Å²) < 4.78 is 1.36. The zero-order valence-corrected chi connectivity index (χ0v) is 10.9. The van der Waals surface area contributed by atoms with Gasteiger partial charge in [-0.1, -0.05) is 6.92 Å². The molecule has 1 aromatic rings. The van der Waals surface area contributed by atoms with Crippen LogP contribution >= 0.6 is 0 Å². The van der Waals surface area contributed by atoms with Gasteiger partial charge in [0.25, 0.3) is 0 Å². The summed E-state index contributed by atoms with van der Waals surface area (Å²) in [7, 11) is 1.60. The van der Waals surface area contributed by atoms with Gasteiger partial charge in [-0.2, -0.15) is 0 Å². The van der Waals surface area contributed by atoms with Gasteiger partial charge in [0.1, 0.15) is 6.20 Å². The molecule has 0 N–H and O–H groups in total. The first-order valence-electron chi connectivity index (χ1n) is 5.76. The third-order valence-corrected chi connectivity index (χ3v) is 3.71. The van der Waals surface area contributed by atoms with Crippen LogP contribution in [0.15, 0.2) is 6.20 Å². The SMILES string of the molecule is CC1CC(=O)N(c2nn(C)cc2[N+](=O)[O-])C1(C)C. The van der Waals surface area contributed by atoms with Gasteiger partial charge in [0, 0.05) is 19.0 Å². The van der Waals surface area contributed by atoms with Crippen molar-refractivity contribution in [3.63, 3.8) is 0 Å². The molecule has 0 aliphatic carbocycles. The van der Waals surface area contributed by atoms with E-state index in [1.54, 1.807) is 7.05 Å². The van der Waals surface area contributed by atoms with Gasteiger partial charge in [0.2, 0.25) is 11.7 Å². The average Bonchev–Trinajstić information content (AvgIpc) is 2.67. The maximum atomic E-state index is 12.0. The number of rotatable bonds is 2. The van der Waals surface area contributed by atoms with Crippen LogP contribution in [0.5, 0.6) is 0 Å². The second-order valence-corrected chi connectivity index (χ2v) is 5.26. The molecule has 1 saturated heterocycles. The Morgan fingerprint density at radius 1 is 1.56 bits per heavy atom. The molecule has 98 valence electrons. The van der Waals surface area contributed by atoms with Crippen molar-refractivity contribution in [2.45, 2.75) is 32.7 Å². The van der Waals surface area contributed by atoms with Crippen LogP contribution < -0.4 is 4.90 Å². The maximum Gasteiger partial charge on any atom is 0.331 e. The second kappa shape index (κ2) is 3.79. The third kappa shape index (κ3) is 1.66. The highest BCUT2D eigenvalue weighted by molar-refractivity contribution is 5.98. The summed E-state index contributed by atoms with van der Waals surface area (Å²) in [6.07, 6.45) is 1.71. The Kier molecular flexibility index (Phi) is 2.64. The number of aromatic nitrogens is 2. The summed E-state index contributed by atoms with van der Waals surface area (Å²) >= 11 is 0. The van der Waals surface area contributed by atoms with Crippen LogP contribution in [0.1, 0.15) is 27.2 Å². The Morgan fingerprint density at radius 3 is 2.61 bits per heavy atom. The predicted molar refractivity (Wildman–Crippen MR) is 65.2 cm³/mol. The van der Waals surface area contributed by atoms with Crippen LogP contribution in [-0.4, -0.2) is 26.1 Å². The highest BCUT2D eigenvalue weighted by Gasteiger charge is 2.47. The lowest BCUT2D eigenvalue weighted by Crippen LogP contribution is -2.44. The molecule has 1 atom stereocenters. The zero-order chi connectivity index (χ0) is 13.7. The summed E-state index contributed by atoms with van der Waals surface area (Å²) in [6.45, 7) is 5.77. The first-order chi connectivity index (χ1) is 8.25. The van der Waals surface area contributed by atoms with E-state index in [2.05, 4.69) is 5.10 Å². The first kappa shape index (κ1) is 12.5. The molecule has 0 spiro atoms. The summed E-state index contributed by atoms with van der Waals surface area (Å²) in [4.78, 5) is 24.0. The largest absolute Gasteiger partial charge is 0.331 e. The molecule has 2 rings (SSSR count). The number of anilines is 1. The molecule has 0 aromatic carbocycles. The molecule has 1 aromatic heterocycles. The van der Waals surface area contributed by atoms with Gasteiger partial charge >= 0.3 is 5.69 Å². The number of hydrogen-bond donors (Lipinski definition) is 0. The second-order valence-electron chi connectivity index (χ2n) is 5.26. The smallest absolute Gasteiger partial charge is 0.284 e. The summed E-state index contributed by atoms with van der Waals surface area (Å²) in [5.41, 5.74) is -0.594. The topological polar surface area (TPSA) is 81.3 Å². The molecular formula is C11H16N4O3. The normalized spacial score (nSPS) is 22.6. The van der Waals surface area contributed by atoms with Crippen molar-refractivity contribution in [3.05, 3.63) is 16.3 Å². The number of aryl methyl sites for hydroxylation is 1. The van der Waals surface area contributed by atoms with Gasteiger partial charge in [0.05, 0.1) is 4.92 Å². The number of carbonyl (C=O) groups excluding carboxylic acids is 1. The van der Waals surface area contributed by atoms with Crippen molar-refractivity contribution in [3.8, 4) is 0 Å². The molecule has 1 aliphatic heterocycles. The lowest BCUT2D eigenvalue weighted by molar-refractivity contribution is -0.384. The van der Waals surface area contributed by atoms with Crippen LogP contribution in [0, 0.1) is 16.0 Å². The summed E-state index contributed by atoms with van der Waals surface area (Å²) in [6, 6.07) is 0. The van der Waals surface area contributed by atoms with Gasteiger partial charge in [-0.3, -0.25) is 24.5 Å². The molecule has 0 saturated carbocycles. The van der Waals surface area contributed by atoms with Crippen LogP contribution in [0.4, 0.5) is 11.5 Å². The lowest BCUT2D eigenvalue weighted by atomic mass is 9.90. The third-order valence-electron chi connectivity index (χ3n) is 3.71. The number of amides is 1. The zero-order valence-electron chi connectivity index (χ0n) is 10.9. The minimum atomic E-state index is -0.505. The highest BCUT2D eigenvalue weighted by Crippen LogP contribution is 2.41. The first-order valence-corrected chi connectivity index (χ1v) is 5.76. The number of hydrogen-bond acceptors (Lipinski definition) is 4. The minimum Gasteiger partial charge on any atom is -0.284 e. The van der Waals surface area contributed by atoms with E-state index >= 15 is 0 Å². The molecule has 7 nitrogen and oxygen atoms in total. The fraction of sp³-hybridized carbons (Fsp3) is 0.636. The molecule has 2 heterocycles. The van der Waals surface area contributed by atoms with Gasteiger partial charge in [0.15, 0.2) is 0 Å². The van der Waals surface area contributed by atoms with E-state index in [0.717, 1.165) is 0 Å². The van der Waals surface area contributed by atoms with Crippen LogP contribution in [0.3, 0.4) is 0 Å². The molecule has 0 radical (unpaired) electrons. The molecular weight excluding hydrogens is 236 g/mol. The van der Waals surface area contributed by atoms with E-state index in [-0.39, 0.29) is 23.3 Å². The Morgan fingerprint density at radius 2 is 2.17 bits per heavy atom. The van der Waals surface area contributed by atoms with Crippen molar-refractivity contribution >= 4 is 17.4 Å². The molecule has 1 fully saturated rings. The van der Waals surface area contributed by atoms with E-state index < -0.39 is 10.5 Å². The fourth-order valence-corrected chi connectivity index (χ4v) is 2.29. The van der Waals surface area contributed by atoms with Crippen molar-refractivity contribution < 1.29 is 9.72 Å². The highest BCUT2D eigenvalue weighted by atomic mass is 16.6. The van der Waals surface area contributed by atoms with Gasteiger partial charge < -0.3 is 0 Å². The van der Waals surface area contributed by atoms with Crippen molar-refractivity contribution in [1.29, 1.82) is 0 Å². The van der Waals surface area contributed by atoms with Crippen molar-refractivity contribution in [1.82, 2.24) is 9.78 Å². The van der Waals surface area contributed by atoms with Gasteiger partial charge in [-0.25, -0.2) is 0 Å². The van der Waals surface area contributed by atoms with E-state index in [4.69, 9.17) is 0 Å². The molecule has 18 heavy (non-hydrogen) atoms. The van der Waals surface area contributed by atoms with Crippen LogP contribution in [-0.2, 0) is 11.8 Å². The molecule has 0 bridgehead atoms. The van der Waals surface area contributed by atoms with Crippen molar-refractivity contribution in [2.24, 2.45) is 13.0 Å². The molecule has 1 aliphatic rings. The Bertz CT molecular complexity index is 520. The molecule has 7 heteroatoms. The molecule has 1 amide bonds. The van der Waals surface area contributed by atoms with Crippen LogP contribution in [0.25, 0.3) is 0 Å². The standard InChI is InChI=1S/C11H16N4O3/c1-7-5-9(16)14(11(7,2)3)10-8(15(17)18)6-13(4)12-10/h6-7H,5H2,1-4H3. The quantitative estimate of drug-likeness (QED) is 0.589. The van der Waals surface area contributed by atoms with Crippen molar-refractivity contribution in [2.75, 3.05) is 4.90 Å². The number of nitrogens with zero attached hydrogens (tertiary/aromatic N) is 4. The average molecular weight is 252 g/mol. The Balaban J connectivity index is 2.55. The van der Waals surface area contributed by atoms with Gasteiger partial charge in [-0.05, 0) is 19.8 Å². The monoisotopic (exact) mass is 252 g/mol. The summed E-state index contributed by atoms with van der Waals surface area (Å²) in [5.74, 6) is 0.155. The predicted octanol–water partition coefficient (Wildman–Crippen LogP) is 1.48. The van der Waals surface area contributed by atoms with E-state index in [9.17, 15) is 14.9 Å². The van der Waals surface area contributed by atoms with E-state index in [1.165, 1.54) is 15.8 Å². The Hall–Kier alpha value is -1.92. The van der Waals surface area contributed by atoms with E-state index in [0.29, 0.717) is 6.42 Å².